The molecule has 0 heterocycles. The second-order valence-electron chi connectivity index (χ2n) is 3.47. The van der Waals surface area contributed by atoms with E-state index in [1.165, 1.54) is 6.07 Å². The maximum Gasteiger partial charge on any atom is 0.127 e. The Morgan fingerprint density at radius 1 is 1.40 bits per heavy atom. The number of nitrogens with two attached hydrogens (primary N) is 1. The van der Waals surface area contributed by atoms with Crippen LogP contribution in [0.1, 0.15) is 18.4 Å². The van der Waals surface area contributed by atoms with Gasteiger partial charge < -0.3 is 10.8 Å². The van der Waals surface area contributed by atoms with Gasteiger partial charge in [-0.15, -0.1) is 0 Å². The fourth-order valence-electron chi connectivity index (χ4n) is 1.42. The third-order valence-corrected chi connectivity index (χ3v) is 2.64. The van der Waals surface area contributed by atoms with Crippen molar-refractivity contribution in [3.8, 4) is 0 Å². The van der Waals surface area contributed by atoms with Gasteiger partial charge in [-0.1, -0.05) is 17.7 Å². The van der Waals surface area contributed by atoms with Crippen LogP contribution in [0.3, 0.4) is 0 Å². The quantitative estimate of drug-likeness (QED) is 0.816. The first-order chi connectivity index (χ1) is 7.15. The molecule has 84 valence electrons. The molecule has 0 aliphatic carbocycles. The van der Waals surface area contributed by atoms with Crippen molar-refractivity contribution in [2.75, 3.05) is 6.54 Å². The molecule has 0 radical (unpaired) electrons. The number of hydrogen-bond acceptors (Lipinski definition) is 2. The van der Waals surface area contributed by atoms with Crippen molar-refractivity contribution in [3.63, 3.8) is 0 Å². The van der Waals surface area contributed by atoms with Gasteiger partial charge in [0.25, 0.3) is 0 Å². The topological polar surface area (TPSA) is 46.2 Å². The molecule has 4 heteroatoms. The van der Waals surface area contributed by atoms with Gasteiger partial charge >= 0.3 is 0 Å². The predicted octanol–water partition coefficient (Wildman–Crippen LogP) is 2.12. The van der Waals surface area contributed by atoms with Crippen molar-refractivity contribution in [2.45, 2.75) is 25.4 Å². The lowest BCUT2D eigenvalue weighted by molar-refractivity contribution is 0.157. The van der Waals surface area contributed by atoms with Crippen molar-refractivity contribution in [3.05, 3.63) is 34.6 Å². The second kappa shape index (κ2) is 6.05. The molecule has 1 aromatic carbocycles. The monoisotopic (exact) mass is 231 g/mol. The zero-order valence-corrected chi connectivity index (χ0v) is 9.17. The molecule has 0 amide bonds. The number of benzene rings is 1. The third kappa shape index (κ3) is 3.78. The Hall–Kier alpha value is -0.640. The van der Waals surface area contributed by atoms with Gasteiger partial charge in [0, 0.05) is 10.6 Å². The minimum absolute atomic E-state index is 0.317. The van der Waals surface area contributed by atoms with Crippen LogP contribution in [0.2, 0.25) is 5.02 Å². The molecule has 0 saturated carbocycles. The van der Waals surface area contributed by atoms with Crippen molar-refractivity contribution >= 4 is 11.6 Å². The largest absolute Gasteiger partial charge is 0.393 e. The van der Waals surface area contributed by atoms with E-state index in [1.54, 1.807) is 12.1 Å². The Balaban J connectivity index is 2.57. The van der Waals surface area contributed by atoms with Crippen molar-refractivity contribution < 1.29 is 9.50 Å². The summed E-state index contributed by atoms with van der Waals surface area (Å²) in [5.41, 5.74) is 5.77. The average Bonchev–Trinajstić information content (AvgIpc) is 2.17. The van der Waals surface area contributed by atoms with Gasteiger partial charge in [0.05, 0.1) is 6.10 Å². The molecule has 0 spiro atoms. The molecular formula is C11H15ClFNO. The Morgan fingerprint density at radius 2 is 2.13 bits per heavy atom. The smallest absolute Gasteiger partial charge is 0.127 e. The van der Waals surface area contributed by atoms with Crippen LogP contribution in [0.15, 0.2) is 18.2 Å². The van der Waals surface area contributed by atoms with Gasteiger partial charge in [0.1, 0.15) is 5.82 Å². The number of hydrogen-bond donors (Lipinski definition) is 2. The molecule has 1 rings (SSSR count). The van der Waals surface area contributed by atoms with E-state index in [1.807, 2.05) is 0 Å². The minimum atomic E-state index is -0.481. The van der Waals surface area contributed by atoms with Gasteiger partial charge in [-0.2, -0.15) is 0 Å². The highest BCUT2D eigenvalue weighted by Crippen LogP contribution is 2.21. The van der Waals surface area contributed by atoms with Gasteiger partial charge in [0.2, 0.25) is 0 Å². The Bertz CT molecular complexity index is 299. The highest BCUT2D eigenvalue weighted by Gasteiger charge is 2.09. The zero-order chi connectivity index (χ0) is 11.3. The highest BCUT2D eigenvalue weighted by atomic mass is 35.5. The Morgan fingerprint density at radius 3 is 2.73 bits per heavy atom. The standard InChI is InChI=1S/C11H15ClFNO/c12-10-2-1-3-11(13)9(10)5-4-8(15)6-7-14/h1-3,8,15H,4-7,14H2. The van der Waals surface area contributed by atoms with Crippen LogP contribution in [-0.4, -0.2) is 17.8 Å². The van der Waals surface area contributed by atoms with Crippen molar-refractivity contribution in [1.82, 2.24) is 0 Å². The predicted molar refractivity (Wildman–Crippen MR) is 59.4 cm³/mol. The van der Waals surface area contributed by atoms with Gasteiger partial charge in [0.15, 0.2) is 0 Å². The van der Waals surface area contributed by atoms with Crippen LogP contribution in [0.4, 0.5) is 4.39 Å². The molecule has 1 atom stereocenters. The summed E-state index contributed by atoms with van der Waals surface area (Å²) in [5.74, 6) is -0.317. The first kappa shape index (κ1) is 12.4. The molecule has 2 nitrogen and oxygen atoms in total. The van der Waals surface area contributed by atoms with Gasteiger partial charge in [-0.3, -0.25) is 0 Å². The van der Waals surface area contributed by atoms with E-state index in [4.69, 9.17) is 17.3 Å². The summed E-state index contributed by atoms with van der Waals surface area (Å²) in [6.45, 7) is 0.437. The molecule has 0 aliphatic heterocycles. The van der Waals surface area contributed by atoms with E-state index in [9.17, 15) is 9.50 Å². The molecule has 0 aliphatic rings. The summed E-state index contributed by atoms with van der Waals surface area (Å²) in [6.07, 6.45) is 0.974. The zero-order valence-electron chi connectivity index (χ0n) is 8.42. The van der Waals surface area contributed by atoms with E-state index < -0.39 is 6.10 Å². The molecular weight excluding hydrogens is 217 g/mol. The van der Waals surface area contributed by atoms with Crippen LogP contribution in [-0.2, 0) is 6.42 Å². The highest BCUT2D eigenvalue weighted by molar-refractivity contribution is 6.31. The second-order valence-corrected chi connectivity index (χ2v) is 3.88. The number of aliphatic hydroxyl groups excluding tert-OH is 1. The summed E-state index contributed by atoms with van der Waals surface area (Å²) in [4.78, 5) is 0. The maximum atomic E-state index is 13.3. The summed E-state index contributed by atoms with van der Waals surface area (Å²) in [5, 5.41) is 9.86. The van der Waals surface area contributed by atoms with Crippen LogP contribution in [0.5, 0.6) is 0 Å². The SMILES string of the molecule is NCCC(O)CCc1c(F)cccc1Cl. The van der Waals surface area contributed by atoms with Gasteiger partial charge in [-0.25, -0.2) is 4.39 Å². The van der Waals surface area contributed by atoms with E-state index in [0.29, 0.717) is 36.4 Å². The van der Waals surface area contributed by atoms with Crippen molar-refractivity contribution in [2.24, 2.45) is 5.73 Å². The van der Waals surface area contributed by atoms with Crippen LogP contribution >= 0.6 is 11.6 Å². The first-order valence-corrected chi connectivity index (χ1v) is 5.34. The molecule has 15 heavy (non-hydrogen) atoms. The molecule has 0 aromatic heterocycles. The number of rotatable bonds is 5. The minimum Gasteiger partial charge on any atom is -0.393 e. The summed E-state index contributed by atoms with van der Waals surface area (Å²) in [6, 6.07) is 4.59. The third-order valence-electron chi connectivity index (χ3n) is 2.29. The Labute approximate surface area is 93.9 Å². The van der Waals surface area contributed by atoms with E-state index in [2.05, 4.69) is 0 Å². The number of halogens is 2. The fourth-order valence-corrected chi connectivity index (χ4v) is 1.68. The molecule has 3 N–H and O–H groups in total. The van der Waals surface area contributed by atoms with E-state index in [0.717, 1.165) is 0 Å². The lowest BCUT2D eigenvalue weighted by atomic mass is 10.0. The lowest BCUT2D eigenvalue weighted by Crippen LogP contribution is -2.14. The normalized spacial score (nSPS) is 12.8. The summed E-state index contributed by atoms with van der Waals surface area (Å²) >= 11 is 5.84. The van der Waals surface area contributed by atoms with Crippen LogP contribution in [0.25, 0.3) is 0 Å². The van der Waals surface area contributed by atoms with Gasteiger partial charge in [-0.05, 0) is 37.9 Å². The maximum absolute atomic E-state index is 13.3. The lowest BCUT2D eigenvalue weighted by Gasteiger charge is -2.10. The van der Waals surface area contributed by atoms with Crippen LogP contribution in [0, 0.1) is 5.82 Å². The average molecular weight is 232 g/mol. The fraction of sp³-hybridized carbons (Fsp3) is 0.455. The van der Waals surface area contributed by atoms with E-state index >= 15 is 0 Å². The molecule has 1 unspecified atom stereocenters. The first-order valence-electron chi connectivity index (χ1n) is 4.96. The molecule has 1 aromatic rings. The van der Waals surface area contributed by atoms with Crippen molar-refractivity contribution in [1.29, 1.82) is 0 Å². The Kier molecular flexibility index (Phi) is 5.02. The van der Waals surface area contributed by atoms with E-state index in [-0.39, 0.29) is 5.82 Å². The molecule has 0 saturated heterocycles. The summed E-state index contributed by atoms with van der Waals surface area (Å²) < 4.78 is 13.3. The summed E-state index contributed by atoms with van der Waals surface area (Å²) in [7, 11) is 0. The van der Waals surface area contributed by atoms with Crippen LogP contribution < -0.4 is 5.73 Å². The molecule has 0 bridgehead atoms. The molecule has 0 fully saturated rings. The number of aliphatic hydroxyl groups is 1.